The van der Waals surface area contributed by atoms with Gasteiger partial charge in [-0.3, -0.25) is 10.1 Å². The Morgan fingerprint density at radius 1 is 1.32 bits per heavy atom. The van der Waals surface area contributed by atoms with E-state index in [1.807, 2.05) is 6.07 Å². The van der Waals surface area contributed by atoms with Crippen molar-refractivity contribution in [1.82, 2.24) is 4.98 Å². The summed E-state index contributed by atoms with van der Waals surface area (Å²) in [7, 11) is 0. The molecule has 2 aliphatic rings. The van der Waals surface area contributed by atoms with E-state index < -0.39 is 11.5 Å². The molecule has 0 atom stereocenters. The van der Waals surface area contributed by atoms with Crippen molar-refractivity contribution >= 4 is 22.4 Å². The lowest BCUT2D eigenvalue weighted by molar-refractivity contribution is 0.0796. The topological polar surface area (TPSA) is 81.4 Å². The molecular weight excluding hydrogens is 340 g/mol. The van der Waals surface area contributed by atoms with E-state index in [1.54, 1.807) is 6.92 Å². The van der Waals surface area contributed by atoms with E-state index in [4.69, 9.17) is 9.15 Å². The van der Waals surface area contributed by atoms with Gasteiger partial charge in [-0.1, -0.05) is 0 Å². The van der Waals surface area contributed by atoms with Crippen LogP contribution in [-0.2, 0) is 17.6 Å². The molecule has 1 saturated heterocycles. The maximum atomic E-state index is 12.5. The number of anilines is 1. The second-order valence-corrected chi connectivity index (χ2v) is 7.66. The zero-order valence-corrected chi connectivity index (χ0v) is 14.9. The summed E-state index contributed by atoms with van der Waals surface area (Å²) in [6, 6.07) is 1.81. The van der Waals surface area contributed by atoms with Gasteiger partial charge in [0.1, 0.15) is 11.3 Å². The maximum Gasteiger partial charge on any atom is 0.349 e. The highest BCUT2D eigenvalue weighted by atomic mass is 32.1. The fourth-order valence-electron chi connectivity index (χ4n) is 3.49. The Hall–Kier alpha value is -1.99. The van der Waals surface area contributed by atoms with Gasteiger partial charge in [0.05, 0.1) is 5.69 Å². The molecule has 1 aliphatic carbocycles. The van der Waals surface area contributed by atoms with Crippen LogP contribution in [0, 0.1) is 6.92 Å². The Bertz CT molecular complexity index is 843. The molecule has 0 saturated carbocycles. The molecule has 2 aromatic heterocycles. The van der Waals surface area contributed by atoms with Crippen LogP contribution < -0.4 is 10.9 Å². The maximum absolute atomic E-state index is 12.5. The largest absolute Gasteiger partial charge is 0.427 e. The van der Waals surface area contributed by atoms with E-state index in [1.165, 1.54) is 16.2 Å². The number of fused-ring (bicyclic) bond motifs is 1. The fourth-order valence-corrected chi connectivity index (χ4v) is 4.54. The van der Waals surface area contributed by atoms with Crippen molar-refractivity contribution in [2.45, 2.75) is 44.9 Å². The molecule has 132 valence electrons. The molecule has 1 N–H and O–H groups in total. The molecule has 4 rings (SSSR count). The van der Waals surface area contributed by atoms with Crippen LogP contribution in [0.25, 0.3) is 0 Å². The minimum Gasteiger partial charge on any atom is -0.427 e. The molecule has 1 fully saturated rings. The van der Waals surface area contributed by atoms with Crippen LogP contribution in [0.15, 0.2) is 15.3 Å². The first-order chi connectivity index (χ1) is 12.1. The number of amides is 1. The number of rotatable bonds is 3. The zero-order valence-electron chi connectivity index (χ0n) is 14.1. The van der Waals surface area contributed by atoms with Crippen LogP contribution in [0.4, 0.5) is 5.13 Å². The van der Waals surface area contributed by atoms with Crippen molar-refractivity contribution in [2.75, 3.05) is 18.5 Å². The normalized spacial score (nSPS) is 17.5. The monoisotopic (exact) mass is 360 g/mol. The highest BCUT2D eigenvalue weighted by Crippen LogP contribution is 2.31. The molecule has 0 spiro atoms. The average molecular weight is 360 g/mol. The van der Waals surface area contributed by atoms with E-state index in [2.05, 4.69) is 10.3 Å². The number of hydrogen-bond acceptors (Lipinski definition) is 6. The van der Waals surface area contributed by atoms with Crippen molar-refractivity contribution < 1.29 is 13.9 Å². The van der Waals surface area contributed by atoms with Gasteiger partial charge in [0.15, 0.2) is 5.13 Å². The highest BCUT2D eigenvalue weighted by Gasteiger charge is 2.24. The Morgan fingerprint density at radius 3 is 2.84 bits per heavy atom. The lowest BCUT2D eigenvalue weighted by Crippen LogP contribution is -2.24. The number of hydrogen-bond donors (Lipinski definition) is 1. The van der Waals surface area contributed by atoms with Crippen LogP contribution in [-0.4, -0.2) is 24.1 Å². The van der Waals surface area contributed by atoms with Gasteiger partial charge in [0.25, 0.3) is 5.91 Å². The van der Waals surface area contributed by atoms with Gasteiger partial charge < -0.3 is 9.15 Å². The molecule has 0 aromatic carbocycles. The molecule has 3 heterocycles. The van der Waals surface area contributed by atoms with E-state index in [0.29, 0.717) is 29.7 Å². The molecule has 0 radical (unpaired) electrons. The molecular formula is C18H20N2O4S. The minimum atomic E-state index is -0.580. The van der Waals surface area contributed by atoms with Crippen molar-refractivity contribution in [3.63, 3.8) is 0 Å². The summed E-state index contributed by atoms with van der Waals surface area (Å²) in [4.78, 5) is 30.6. The highest BCUT2D eigenvalue weighted by molar-refractivity contribution is 7.16. The molecule has 6 nitrogen and oxygen atoms in total. The van der Waals surface area contributed by atoms with Gasteiger partial charge in [-0.05, 0) is 50.7 Å². The zero-order chi connectivity index (χ0) is 17.4. The van der Waals surface area contributed by atoms with Crippen LogP contribution in [0.5, 0.6) is 0 Å². The summed E-state index contributed by atoms with van der Waals surface area (Å²) in [5.74, 6) is 0.381. The summed E-state index contributed by atoms with van der Waals surface area (Å²) >= 11 is 1.49. The third-order valence-corrected chi connectivity index (χ3v) is 5.91. The molecule has 1 aliphatic heterocycles. The van der Waals surface area contributed by atoms with Crippen LogP contribution >= 0.6 is 11.3 Å². The lowest BCUT2D eigenvalue weighted by atomic mass is 9.95. The number of aryl methyl sites for hydroxylation is 3. The van der Waals surface area contributed by atoms with Gasteiger partial charge in [-0.2, -0.15) is 0 Å². The summed E-state index contributed by atoms with van der Waals surface area (Å²) < 4.78 is 10.8. The van der Waals surface area contributed by atoms with Crippen molar-refractivity contribution in [2.24, 2.45) is 0 Å². The quantitative estimate of drug-likeness (QED) is 0.910. The lowest BCUT2D eigenvalue weighted by Gasteiger charge is -2.21. The molecule has 0 bridgehead atoms. The van der Waals surface area contributed by atoms with Gasteiger partial charge >= 0.3 is 5.63 Å². The van der Waals surface area contributed by atoms with Gasteiger partial charge in [0.2, 0.25) is 0 Å². The fraction of sp³-hybridized carbons (Fsp3) is 0.500. The Morgan fingerprint density at radius 2 is 2.12 bits per heavy atom. The number of aromatic nitrogens is 1. The standard InChI is InChI=1S/C18H20N2O4S/c1-10-9-13(11-5-7-23-8-6-11)24-17(22)15(10)16(21)20-18-19-12-3-2-4-14(12)25-18/h9,11H,2-8H2,1H3,(H,19,20,21). The van der Waals surface area contributed by atoms with E-state index in [9.17, 15) is 9.59 Å². The summed E-state index contributed by atoms with van der Waals surface area (Å²) in [6.45, 7) is 3.12. The second-order valence-electron chi connectivity index (χ2n) is 6.58. The van der Waals surface area contributed by atoms with Crippen molar-refractivity contribution in [1.29, 1.82) is 0 Å². The summed E-state index contributed by atoms with van der Waals surface area (Å²) in [5, 5.41) is 3.31. The number of nitrogens with one attached hydrogen (secondary N) is 1. The minimum absolute atomic E-state index is 0.0613. The third kappa shape index (κ3) is 3.26. The third-order valence-electron chi connectivity index (χ3n) is 4.83. The van der Waals surface area contributed by atoms with Crippen LogP contribution in [0.3, 0.4) is 0 Å². The predicted octanol–water partition coefficient (Wildman–Crippen LogP) is 3.04. The number of carbonyl (C=O) groups excluding carboxylic acids is 1. The van der Waals surface area contributed by atoms with Crippen LogP contribution in [0.1, 0.15) is 57.4 Å². The molecule has 25 heavy (non-hydrogen) atoms. The summed E-state index contributed by atoms with van der Waals surface area (Å²) in [5.41, 5.74) is 1.19. The number of thiazole rings is 1. The van der Waals surface area contributed by atoms with Gasteiger partial charge in [-0.15, -0.1) is 11.3 Å². The number of ether oxygens (including phenoxy) is 1. The molecule has 2 aromatic rings. The number of nitrogens with zero attached hydrogens (tertiary/aromatic N) is 1. The van der Waals surface area contributed by atoms with Crippen LogP contribution in [0.2, 0.25) is 0 Å². The van der Waals surface area contributed by atoms with Crippen molar-refractivity contribution in [3.8, 4) is 0 Å². The summed E-state index contributed by atoms with van der Waals surface area (Å²) in [6.07, 6.45) is 4.77. The smallest absolute Gasteiger partial charge is 0.349 e. The van der Waals surface area contributed by atoms with E-state index in [-0.39, 0.29) is 11.5 Å². The van der Waals surface area contributed by atoms with Gasteiger partial charge in [-0.25, -0.2) is 9.78 Å². The second kappa shape index (κ2) is 6.72. The predicted molar refractivity (Wildman–Crippen MR) is 94.6 cm³/mol. The molecule has 7 heteroatoms. The Balaban J connectivity index is 1.56. The van der Waals surface area contributed by atoms with Gasteiger partial charge in [0, 0.05) is 24.0 Å². The molecule has 1 amide bonds. The van der Waals surface area contributed by atoms with E-state index in [0.717, 1.165) is 37.8 Å². The first kappa shape index (κ1) is 16.5. The average Bonchev–Trinajstić information content (AvgIpc) is 3.16. The first-order valence-corrected chi connectivity index (χ1v) is 9.46. The Labute approximate surface area is 149 Å². The van der Waals surface area contributed by atoms with Crippen molar-refractivity contribution in [3.05, 3.63) is 43.9 Å². The SMILES string of the molecule is Cc1cc(C2CCOCC2)oc(=O)c1C(=O)Nc1nc2c(s1)CCC2. The molecule has 0 unspecified atom stereocenters. The first-order valence-electron chi connectivity index (χ1n) is 8.64. The number of carbonyl (C=O) groups is 1. The Kier molecular flexibility index (Phi) is 4.43. The van der Waals surface area contributed by atoms with E-state index >= 15 is 0 Å².